The Morgan fingerprint density at radius 3 is 1.93 bits per heavy atom. The van der Waals surface area contributed by atoms with E-state index in [2.05, 4.69) is 20.8 Å². The third kappa shape index (κ3) is 3.97. The summed E-state index contributed by atoms with van der Waals surface area (Å²) in [6.07, 6.45) is 5.08. The summed E-state index contributed by atoms with van der Waals surface area (Å²) in [5.74, 6) is 0.562. The fraction of sp³-hybridized carbons (Fsp3) is 1.00. The minimum absolute atomic E-state index is 0.0931. The van der Waals surface area contributed by atoms with Crippen LogP contribution in [0.3, 0.4) is 0 Å². The molecule has 0 aromatic rings. The largest absolute Gasteiger partial charge is 0.396 e. The van der Waals surface area contributed by atoms with Gasteiger partial charge in [0.2, 0.25) is 0 Å². The number of aliphatic hydroxyl groups is 2. The van der Waals surface area contributed by atoms with Crippen LogP contribution >= 0.6 is 0 Å². The van der Waals surface area contributed by atoms with Gasteiger partial charge in [-0.3, -0.25) is 0 Å². The van der Waals surface area contributed by atoms with Crippen molar-refractivity contribution in [2.45, 2.75) is 52.9 Å². The Labute approximate surface area is 88.3 Å². The summed E-state index contributed by atoms with van der Waals surface area (Å²) in [7, 11) is 0. The molecule has 0 aliphatic heterocycles. The molecule has 0 amide bonds. The summed E-state index contributed by atoms with van der Waals surface area (Å²) in [5, 5.41) is 18.3. The lowest BCUT2D eigenvalue weighted by atomic mass is 9.74. The van der Waals surface area contributed by atoms with Crippen LogP contribution < -0.4 is 0 Å². The average Bonchev–Trinajstić information content (AvgIpc) is 2.25. The van der Waals surface area contributed by atoms with E-state index in [4.69, 9.17) is 5.11 Å². The highest BCUT2D eigenvalue weighted by molar-refractivity contribution is 4.78. The van der Waals surface area contributed by atoms with E-state index in [-0.39, 0.29) is 18.6 Å². The molecule has 0 aromatic carbocycles. The zero-order chi connectivity index (χ0) is 11.0. The molecule has 0 saturated heterocycles. The van der Waals surface area contributed by atoms with E-state index < -0.39 is 0 Å². The van der Waals surface area contributed by atoms with Gasteiger partial charge in [-0.15, -0.1) is 0 Å². The number of hydrogen-bond donors (Lipinski definition) is 2. The predicted octanol–water partition coefficient (Wildman–Crippen LogP) is 2.58. The lowest BCUT2D eigenvalue weighted by molar-refractivity contribution is 0.0788. The summed E-state index contributed by atoms with van der Waals surface area (Å²) in [6, 6.07) is 0. The van der Waals surface area contributed by atoms with Crippen molar-refractivity contribution in [1.29, 1.82) is 0 Å². The number of hydrogen-bond acceptors (Lipinski definition) is 2. The van der Waals surface area contributed by atoms with Crippen LogP contribution in [0.5, 0.6) is 0 Å². The molecule has 0 bridgehead atoms. The van der Waals surface area contributed by atoms with Crippen molar-refractivity contribution >= 4 is 0 Å². The van der Waals surface area contributed by atoms with Crippen LogP contribution in [0.2, 0.25) is 0 Å². The van der Waals surface area contributed by atoms with Crippen LogP contribution in [0.25, 0.3) is 0 Å². The molecule has 2 N–H and O–H groups in total. The van der Waals surface area contributed by atoms with E-state index in [1.165, 1.54) is 0 Å². The summed E-state index contributed by atoms with van der Waals surface area (Å²) in [6.45, 7) is 7.00. The van der Waals surface area contributed by atoms with E-state index in [0.29, 0.717) is 5.92 Å². The second-order valence-corrected chi connectivity index (χ2v) is 4.36. The van der Waals surface area contributed by atoms with Crippen molar-refractivity contribution in [2.75, 3.05) is 13.2 Å². The normalized spacial score (nSPS) is 14.4. The molecule has 0 rings (SSSR count). The highest BCUT2D eigenvalue weighted by Crippen LogP contribution is 2.35. The first-order valence-electron chi connectivity index (χ1n) is 5.89. The summed E-state index contributed by atoms with van der Waals surface area (Å²) in [4.78, 5) is 0. The van der Waals surface area contributed by atoms with Gasteiger partial charge in [0.25, 0.3) is 0 Å². The molecule has 2 nitrogen and oxygen atoms in total. The highest BCUT2D eigenvalue weighted by Gasteiger charge is 2.28. The molecular weight excluding hydrogens is 176 g/mol. The molecule has 1 unspecified atom stereocenters. The zero-order valence-electron chi connectivity index (χ0n) is 9.92. The first-order valence-corrected chi connectivity index (χ1v) is 5.89. The van der Waals surface area contributed by atoms with Gasteiger partial charge in [0.05, 0.1) is 0 Å². The molecule has 0 aliphatic rings. The lowest BCUT2D eigenvalue weighted by Crippen LogP contribution is -2.27. The van der Waals surface area contributed by atoms with Gasteiger partial charge in [-0.25, -0.2) is 0 Å². The van der Waals surface area contributed by atoms with Crippen LogP contribution in [-0.4, -0.2) is 23.4 Å². The van der Waals surface area contributed by atoms with Crippen LogP contribution in [0.4, 0.5) is 0 Å². The SMILES string of the molecule is CCC(CCO)CC(CC)(CC)CO. The fourth-order valence-corrected chi connectivity index (χ4v) is 2.07. The minimum Gasteiger partial charge on any atom is -0.396 e. The monoisotopic (exact) mass is 202 g/mol. The first-order chi connectivity index (χ1) is 6.67. The summed E-state index contributed by atoms with van der Waals surface area (Å²) < 4.78 is 0. The topological polar surface area (TPSA) is 40.5 Å². The molecule has 0 aromatic heterocycles. The molecule has 0 aliphatic carbocycles. The maximum absolute atomic E-state index is 9.43. The van der Waals surface area contributed by atoms with Crippen LogP contribution in [0, 0.1) is 11.3 Å². The standard InChI is InChI=1S/C12H26O2/c1-4-11(7-8-13)9-12(5-2,6-3)10-14/h11,13-14H,4-10H2,1-3H3. The third-order valence-electron chi connectivity index (χ3n) is 3.67. The van der Waals surface area contributed by atoms with Gasteiger partial charge in [0.1, 0.15) is 0 Å². The molecular formula is C12H26O2. The Hall–Kier alpha value is -0.0800. The van der Waals surface area contributed by atoms with E-state index in [9.17, 15) is 5.11 Å². The van der Waals surface area contributed by atoms with E-state index in [0.717, 1.165) is 32.1 Å². The molecule has 1 atom stereocenters. The third-order valence-corrected chi connectivity index (χ3v) is 3.67. The summed E-state index contributed by atoms with van der Waals surface area (Å²) >= 11 is 0. The van der Waals surface area contributed by atoms with Gasteiger partial charge < -0.3 is 10.2 Å². The molecule has 14 heavy (non-hydrogen) atoms. The van der Waals surface area contributed by atoms with Crippen molar-refractivity contribution in [3.8, 4) is 0 Å². The number of rotatable bonds is 8. The Morgan fingerprint density at radius 2 is 1.64 bits per heavy atom. The van der Waals surface area contributed by atoms with Crippen molar-refractivity contribution in [2.24, 2.45) is 11.3 Å². The maximum Gasteiger partial charge on any atom is 0.0487 e. The zero-order valence-corrected chi connectivity index (χ0v) is 9.92. The summed E-state index contributed by atoms with van der Waals surface area (Å²) in [5.41, 5.74) is 0.0931. The van der Waals surface area contributed by atoms with Gasteiger partial charge in [-0.2, -0.15) is 0 Å². The van der Waals surface area contributed by atoms with Crippen LogP contribution in [-0.2, 0) is 0 Å². The van der Waals surface area contributed by atoms with Crippen molar-refractivity contribution < 1.29 is 10.2 Å². The van der Waals surface area contributed by atoms with Gasteiger partial charge >= 0.3 is 0 Å². The Bertz CT molecular complexity index is 122. The van der Waals surface area contributed by atoms with E-state index >= 15 is 0 Å². The second-order valence-electron chi connectivity index (χ2n) is 4.36. The van der Waals surface area contributed by atoms with Crippen molar-refractivity contribution in [3.63, 3.8) is 0 Å². The Morgan fingerprint density at radius 1 is 1.07 bits per heavy atom. The van der Waals surface area contributed by atoms with E-state index in [1.54, 1.807) is 0 Å². The molecule has 2 heteroatoms. The minimum atomic E-state index is 0.0931. The Balaban J connectivity index is 4.24. The lowest BCUT2D eigenvalue weighted by Gasteiger charge is -2.33. The van der Waals surface area contributed by atoms with Gasteiger partial charge in [0, 0.05) is 13.2 Å². The van der Waals surface area contributed by atoms with Gasteiger partial charge in [-0.05, 0) is 37.0 Å². The maximum atomic E-state index is 9.43. The number of aliphatic hydroxyl groups excluding tert-OH is 2. The fourth-order valence-electron chi connectivity index (χ4n) is 2.07. The highest BCUT2D eigenvalue weighted by atomic mass is 16.3. The van der Waals surface area contributed by atoms with Crippen molar-refractivity contribution in [1.82, 2.24) is 0 Å². The Kier molecular flexibility index (Phi) is 7.20. The smallest absolute Gasteiger partial charge is 0.0487 e. The van der Waals surface area contributed by atoms with Crippen molar-refractivity contribution in [3.05, 3.63) is 0 Å². The second kappa shape index (κ2) is 7.24. The first kappa shape index (κ1) is 13.9. The van der Waals surface area contributed by atoms with E-state index in [1.807, 2.05) is 0 Å². The van der Waals surface area contributed by atoms with Crippen LogP contribution in [0.1, 0.15) is 52.9 Å². The molecule has 0 spiro atoms. The molecule has 0 radical (unpaired) electrons. The van der Waals surface area contributed by atoms with Gasteiger partial charge in [-0.1, -0.05) is 27.2 Å². The van der Waals surface area contributed by atoms with Gasteiger partial charge in [0.15, 0.2) is 0 Å². The predicted molar refractivity (Wildman–Crippen MR) is 60.2 cm³/mol. The molecule has 0 heterocycles. The molecule has 0 saturated carbocycles. The molecule has 0 fully saturated rings. The van der Waals surface area contributed by atoms with Crippen LogP contribution in [0.15, 0.2) is 0 Å². The molecule has 86 valence electrons. The average molecular weight is 202 g/mol. The quantitative estimate of drug-likeness (QED) is 0.635.